The molecule has 0 bridgehead atoms. The van der Waals surface area contributed by atoms with Crippen molar-refractivity contribution in [2.24, 2.45) is 0 Å². The van der Waals surface area contributed by atoms with Crippen LogP contribution in [0.5, 0.6) is 0 Å². The molecule has 5 heteroatoms. The van der Waals surface area contributed by atoms with Crippen LogP contribution >= 0.6 is 0 Å². The fourth-order valence-corrected chi connectivity index (χ4v) is 0.695. The summed E-state index contributed by atoms with van der Waals surface area (Å²) in [6.45, 7) is 1.20. The van der Waals surface area contributed by atoms with Gasteiger partial charge in [0.1, 0.15) is 5.76 Å². The van der Waals surface area contributed by atoms with Gasteiger partial charge in [0.2, 0.25) is 0 Å². The van der Waals surface area contributed by atoms with E-state index < -0.39 is 0 Å². The van der Waals surface area contributed by atoms with Crippen LogP contribution in [0, 0.1) is 0 Å². The molecule has 0 saturated carbocycles. The number of hydrogen-bond acceptors (Lipinski definition) is 5. The number of anilines is 1. The number of nitrogens with two attached hydrogens (primary N) is 1. The summed E-state index contributed by atoms with van der Waals surface area (Å²) in [4.78, 5) is 3.70. The van der Waals surface area contributed by atoms with Gasteiger partial charge < -0.3 is 20.6 Å². The molecule has 1 heterocycles. The van der Waals surface area contributed by atoms with Crippen LogP contribution in [0.1, 0.15) is 5.76 Å². The predicted octanol–water partition coefficient (Wildman–Crippen LogP) is -0.661. The number of rotatable bonds is 4. The SMILES string of the molecule is Nc1ncc(CNCCO)o1. The average Bonchev–Trinajstić information content (AvgIpc) is 2.37. The van der Waals surface area contributed by atoms with Crippen molar-refractivity contribution in [3.05, 3.63) is 12.0 Å². The van der Waals surface area contributed by atoms with E-state index in [-0.39, 0.29) is 12.6 Å². The van der Waals surface area contributed by atoms with Gasteiger partial charge in [-0.2, -0.15) is 0 Å². The van der Waals surface area contributed by atoms with Crippen LogP contribution in [0.4, 0.5) is 6.01 Å². The Morgan fingerprint density at radius 3 is 3.09 bits per heavy atom. The van der Waals surface area contributed by atoms with Crippen molar-refractivity contribution in [3.8, 4) is 0 Å². The van der Waals surface area contributed by atoms with E-state index in [4.69, 9.17) is 15.3 Å². The van der Waals surface area contributed by atoms with Crippen molar-refractivity contribution < 1.29 is 9.52 Å². The number of hydrogen-bond donors (Lipinski definition) is 3. The molecule has 0 aliphatic heterocycles. The summed E-state index contributed by atoms with van der Waals surface area (Å²) in [6.07, 6.45) is 1.56. The molecule has 1 aromatic heterocycles. The van der Waals surface area contributed by atoms with Crippen LogP contribution in [0.3, 0.4) is 0 Å². The van der Waals surface area contributed by atoms with Crippen molar-refractivity contribution in [3.63, 3.8) is 0 Å². The Bertz CT molecular complexity index is 211. The van der Waals surface area contributed by atoms with Gasteiger partial charge in [-0.15, -0.1) is 0 Å². The molecule has 0 spiro atoms. The summed E-state index contributed by atoms with van der Waals surface area (Å²) in [7, 11) is 0. The van der Waals surface area contributed by atoms with E-state index in [0.717, 1.165) is 0 Å². The van der Waals surface area contributed by atoms with Gasteiger partial charge in [0, 0.05) is 6.54 Å². The monoisotopic (exact) mass is 157 g/mol. The van der Waals surface area contributed by atoms with E-state index in [2.05, 4.69) is 10.3 Å². The number of nitrogens with zero attached hydrogens (tertiary/aromatic N) is 1. The lowest BCUT2D eigenvalue weighted by atomic mass is 10.5. The summed E-state index contributed by atoms with van der Waals surface area (Å²) >= 11 is 0. The topological polar surface area (TPSA) is 84.3 Å². The molecule has 5 nitrogen and oxygen atoms in total. The number of nitrogens with one attached hydrogen (secondary N) is 1. The third-order valence-corrected chi connectivity index (χ3v) is 1.16. The van der Waals surface area contributed by atoms with Crippen LogP contribution in [0.25, 0.3) is 0 Å². The van der Waals surface area contributed by atoms with Crippen molar-refractivity contribution in [1.82, 2.24) is 10.3 Å². The molecule has 0 fully saturated rings. The van der Waals surface area contributed by atoms with Gasteiger partial charge in [-0.3, -0.25) is 0 Å². The van der Waals surface area contributed by atoms with E-state index in [1.807, 2.05) is 0 Å². The standard InChI is InChI=1S/C6H11N3O2/c7-6-9-4-5(11-6)3-8-1-2-10/h4,8,10H,1-3H2,(H2,7,9). The summed E-state index contributed by atoms with van der Waals surface area (Å²) < 4.78 is 4.95. The smallest absolute Gasteiger partial charge is 0.292 e. The normalized spacial score (nSPS) is 10.3. The zero-order valence-electron chi connectivity index (χ0n) is 6.08. The lowest BCUT2D eigenvalue weighted by Gasteiger charge is -1.96. The summed E-state index contributed by atoms with van der Waals surface area (Å²) in [6, 6.07) is 0.172. The Morgan fingerprint density at radius 1 is 1.73 bits per heavy atom. The largest absolute Gasteiger partial charge is 0.428 e. The van der Waals surface area contributed by atoms with E-state index in [1.165, 1.54) is 0 Å². The van der Waals surface area contributed by atoms with Gasteiger partial charge in [0.25, 0.3) is 6.01 Å². The molecule has 1 rings (SSSR count). The minimum absolute atomic E-state index is 0.115. The zero-order chi connectivity index (χ0) is 8.10. The number of aliphatic hydroxyl groups is 1. The van der Waals surface area contributed by atoms with Crippen molar-refractivity contribution in [2.75, 3.05) is 18.9 Å². The lowest BCUT2D eigenvalue weighted by Crippen LogP contribution is -2.16. The molecule has 0 unspecified atom stereocenters. The Balaban J connectivity index is 2.27. The Kier molecular flexibility index (Phi) is 2.88. The first-order chi connectivity index (χ1) is 5.33. The molecule has 1 aromatic rings. The third kappa shape index (κ3) is 2.57. The van der Waals surface area contributed by atoms with E-state index in [9.17, 15) is 0 Å². The molecule has 0 amide bonds. The molecule has 11 heavy (non-hydrogen) atoms. The summed E-state index contributed by atoms with van der Waals surface area (Å²) in [5.41, 5.74) is 5.23. The molecule has 0 atom stereocenters. The lowest BCUT2D eigenvalue weighted by molar-refractivity contribution is 0.290. The first-order valence-electron chi connectivity index (χ1n) is 3.34. The number of nitrogen functional groups attached to an aromatic ring is 1. The second-order valence-electron chi connectivity index (χ2n) is 2.07. The van der Waals surface area contributed by atoms with Crippen molar-refractivity contribution in [1.29, 1.82) is 0 Å². The molecular formula is C6H11N3O2. The number of aliphatic hydroxyl groups excluding tert-OH is 1. The van der Waals surface area contributed by atoms with Gasteiger partial charge in [-0.05, 0) is 0 Å². The first-order valence-corrected chi connectivity index (χ1v) is 3.34. The highest BCUT2D eigenvalue weighted by molar-refractivity contribution is 5.10. The molecule has 0 aliphatic rings. The van der Waals surface area contributed by atoms with Crippen LogP contribution in [0.2, 0.25) is 0 Å². The zero-order valence-corrected chi connectivity index (χ0v) is 6.08. The van der Waals surface area contributed by atoms with Gasteiger partial charge in [0.05, 0.1) is 19.3 Å². The minimum atomic E-state index is 0.115. The van der Waals surface area contributed by atoms with Crippen LogP contribution in [-0.2, 0) is 6.54 Å². The molecule has 62 valence electrons. The fourth-order valence-electron chi connectivity index (χ4n) is 0.695. The maximum Gasteiger partial charge on any atom is 0.292 e. The van der Waals surface area contributed by atoms with Gasteiger partial charge in [-0.25, -0.2) is 4.98 Å². The molecule has 0 saturated heterocycles. The van der Waals surface area contributed by atoms with Crippen LogP contribution in [-0.4, -0.2) is 23.2 Å². The van der Waals surface area contributed by atoms with Crippen molar-refractivity contribution >= 4 is 6.01 Å². The average molecular weight is 157 g/mol. The van der Waals surface area contributed by atoms with E-state index >= 15 is 0 Å². The molecule has 0 radical (unpaired) electrons. The predicted molar refractivity (Wildman–Crippen MR) is 39.7 cm³/mol. The second kappa shape index (κ2) is 3.95. The number of aromatic nitrogens is 1. The third-order valence-electron chi connectivity index (χ3n) is 1.16. The summed E-state index contributed by atoms with van der Waals surface area (Å²) in [5, 5.41) is 11.3. The van der Waals surface area contributed by atoms with Crippen molar-refractivity contribution in [2.45, 2.75) is 6.54 Å². The molecule has 4 N–H and O–H groups in total. The highest BCUT2D eigenvalue weighted by Crippen LogP contribution is 2.02. The minimum Gasteiger partial charge on any atom is -0.428 e. The molecule has 0 aromatic carbocycles. The highest BCUT2D eigenvalue weighted by Gasteiger charge is 1.97. The fraction of sp³-hybridized carbons (Fsp3) is 0.500. The van der Waals surface area contributed by atoms with E-state index in [0.29, 0.717) is 18.8 Å². The quantitative estimate of drug-likeness (QED) is 0.505. The second-order valence-corrected chi connectivity index (χ2v) is 2.07. The van der Waals surface area contributed by atoms with Gasteiger partial charge >= 0.3 is 0 Å². The highest BCUT2D eigenvalue weighted by atomic mass is 16.4. The van der Waals surface area contributed by atoms with Crippen LogP contribution in [0.15, 0.2) is 10.6 Å². The van der Waals surface area contributed by atoms with Gasteiger partial charge in [-0.1, -0.05) is 0 Å². The molecular weight excluding hydrogens is 146 g/mol. The molecule has 0 aliphatic carbocycles. The van der Waals surface area contributed by atoms with Crippen LogP contribution < -0.4 is 11.1 Å². The Morgan fingerprint density at radius 2 is 2.55 bits per heavy atom. The van der Waals surface area contributed by atoms with Gasteiger partial charge in [0.15, 0.2) is 0 Å². The Hall–Kier alpha value is -1.07. The maximum atomic E-state index is 8.42. The number of oxazole rings is 1. The van der Waals surface area contributed by atoms with E-state index in [1.54, 1.807) is 6.20 Å². The Labute approximate surface area is 64.2 Å². The maximum absolute atomic E-state index is 8.42. The first kappa shape index (κ1) is 8.03. The summed E-state index contributed by atoms with van der Waals surface area (Å²) in [5.74, 6) is 0.677.